The summed E-state index contributed by atoms with van der Waals surface area (Å²) in [4.78, 5) is 0. The van der Waals surface area contributed by atoms with Gasteiger partial charge in [-0.1, -0.05) is 0 Å². The second kappa shape index (κ2) is 3.96. The number of hydrogen-bond acceptors (Lipinski definition) is 3. The molecule has 88 valence electrons. The maximum atomic E-state index is 13.3. The first-order valence-electron chi connectivity index (χ1n) is 5.44. The Morgan fingerprint density at radius 3 is 2.20 bits per heavy atom. The zero-order chi connectivity index (χ0) is 10.9. The van der Waals surface area contributed by atoms with Gasteiger partial charge >= 0.3 is 0 Å². The van der Waals surface area contributed by atoms with Gasteiger partial charge in [-0.2, -0.15) is 0 Å². The fraction of sp³-hybridized carbons (Fsp3) is 1.00. The van der Waals surface area contributed by atoms with Gasteiger partial charge in [0.2, 0.25) is 0 Å². The summed E-state index contributed by atoms with van der Waals surface area (Å²) in [7, 11) is 0. The van der Waals surface area contributed by atoms with Gasteiger partial charge in [-0.15, -0.1) is 0 Å². The molecule has 0 bridgehead atoms. The summed E-state index contributed by atoms with van der Waals surface area (Å²) in [5.74, 6) is -3.90. The summed E-state index contributed by atoms with van der Waals surface area (Å²) in [6, 6.07) is 0. The van der Waals surface area contributed by atoms with Gasteiger partial charge in [-0.25, -0.2) is 8.78 Å². The van der Waals surface area contributed by atoms with Gasteiger partial charge in [0.25, 0.3) is 5.92 Å². The molecule has 0 amide bonds. The van der Waals surface area contributed by atoms with Crippen molar-refractivity contribution in [2.24, 2.45) is 11.7 Å². The Kier molecular flexibility index (Phi) is 2.96. The molecule has 15 heavy (non-hydrogen) atoms. The first-order chi connectivity index (χ1) is 7.08. The quantitative estimate of drug-likeness (QED) is 0.768. The van der Waals surface area contributed by atoms with Crippen molar-refractivity contribution in [2.75, 3.05) is 19.8 Å². The molecule has 1 saturated heterocycles. The number of nitrogens with two attached hydrogens (primary N) is 1. The predicted molar refractivity (Wildman–Crippen MR) is 50.6 cm³/mol. The lowest BCUT2D eigenvalue weighted by Crippen LogP contribution is -2.43. The summed E-state index contributed by atoms with van der Waals surface area (Å²) in [5, 5.41) is 0. The highest BCUT2D eigenvalue weighted by atomic mass is 19.3. The van der Waals surface area contributed by atoms with Gasteiger partial charge in [-0.3, -0.25) is 0 Å². The molecule has 0 aromatic carbocycles. The lowest BCUT2D eigenvalue weighted by atomic mass is 9.81. The molecule has 0 atom stereocenters. The van der Waals surface area contributed by atoms with Crippen LogP contribution in [0.15, 0.2) is 0 Å². The molecule has 0 aromatic heterocycles. The van der Waals surface area contributed by atoms with E-state index in [1.807, 2.05) is 0 Å². The van der Waals surface area contributed by atoms with Gasteiger partial charge in [0.05, 0.1) is 19.8 Å². The molecule has 2 fully saturated rings. The molecule has 1 heterocycles. The standard InChI is InChI=1S/C10H17F2NO2/c11-10(12,7-13)8-1-3-9(4-2-8)14-5-6-15-9/h8H,1-7,13H2. The molecule has 2 aliphatic rings. The second-order valence-electron chi connectivity index (χ2n) is 4.35. The van der Waals surface area contributed by atoms with Crippen LogP contribution in [-0.4, -0.2) is 31.5 Å². The highest BCUT2D eigenvalue weighted by Gasteiger charge is 2.47. The summed E-state index contributed by atoms with van der Waals surface area (Å²) in [5.41, 5.74) is 5.07. The van der Waals surface area contributed by atoms with Gasteiger partial charge in [0.1, 0.15) is 0 Å². The van der Waals surface area contributed by atoms with Gasteiger partial charge < -0.3 is 15.2 Å². The molecule has 1 spiro atoms. The largest absolute Gasteiger partial charge is 0.348 e. The Labute approximate surface area is 87.9 Å². The summed E-state index contributed by atoms with van der Waals surface area (Å²) < 4.78 is 37.6. The van der Waals surface area contributed by atoms with Crippen LogP contribution in [0.3, 0.4) is 0 Å². The van der Waals surface area contributed by atoms with E-state index in [0.717, 1.165) is 0 Å². The highest BCUT2D eigenvalue weighted by molar-refractivity contribution is 4.88. The maximum absolute atomic E-state index is 13.3. The molecule has 2 N–H and O–H groups in total. The predicted octanol–water partition coefficient (Wildman–Crippen LogP) is 1.51. The Morgan fingerprint density at radius 2 is 1.73 bits per heavy atom. The van der Waals surface area contributed by atoms with Crippen molar-refractivity contribution >= 4 is 0 Å². The topological polar surface area (TPSA) is 44.5 Å². The molecule has 1 aliphatic carbocycles. The number of ether oxygens (including phenoxy) is 2. The molecule has 2 rings (SSSR count). The van der Waals surface area contributed by atoms with E-state index < -0.39 is 24.2 Å². The van der Waals surface area contributed by atoms with E-state index in [1.54, 1.807) is 0 Å². The van der Waals surface area contributed by atoms with E-state index >= 15 is 0 Å². The van der Waals surface area contributed by atoms with E-state index in [4.69, 9.17) is 15.2 Å². The average Bonchev–Trinajstić information content (AvgIpc) is 2.67. The van der Waals surface area contributed by atoms with Gasteiger partial charge in [0, 0.05) is 18.8 Å². The van der Waals surface area contributed by atoms with Crippen molar-refractivity contribution in [3.05, 3.63) is 0 Å². The highest BCUT2D eigenvalue weighted by Crippen LogP contribution is 2.43. The fourth-order valence-electron chi connectivity index (χ4n) is 2.43. The minimum atomic E-state index is -2.74. The van der Waals surface area contributed by atoms with Crippen LogP contribution in [0.1, 0.15) is 25.7 Å². The summed E-state index contributed by atoms with van der Waals surface area (Å²) >= 11 is 0. The molecule has 1 saturated carbocycles. The lowest BCUT2D eigenvalue weighted by Gasteiger charge is -2.37. The fourth-order valence-corrected chi connectivity index (χ4v) is 2.43. The number of halogens is 2. The number of hydrogen-bond donors (Lipinski definition) is 1. The number of rotatable bonds is 2. The monoisotopic (exact) mass is 221 g/mol. The van der Waals surface area contributed by atoms with Crippen molar-refractivity contribution in [1.29, 1.82) is 0 Å². The van der Waals surface area contributed by atoms with Crippen molar-refractivity contribution < 1.29 is 18.3 Å². The van der Waals surface area contributed by atoms with Crippen LogP contribution in [-0.2, 0) is 9.47 Å². The van der Waals surface area contributed by atoms with Crippen molar-refractivity contribution in [2.45, 2.75) is 37.4 Å². The van der Waals surface area contributed by atoms with E-state index in [0.29, 0.717) is 38.9 Å². The molecule has 0 radical (unpaired) electrons. The van der Waals surface area contributed by atoms with E-state index in [1.165, 1.54) is 0 Å². The third-order valence-electron chi connectivity index (χ3n) is 3.43. The second-order valence-corrected chi connectivity index (χ2v) is 4.35. The third-order valence-corrected chi connectivity index (χ3v) is 3.43. The first-order valence-corrected chi connectivity index (χ1v) is 5.44. The normalized spacial score (nSPS) is 27.4. The molecule has 1 aliphatic heterocycles. The van der Waals surface area contributed by atoms with Crippen LogP contribution in [0, 0.1) is 5.92 Å². The molecular weight excluding hydrogens is 204 g/mol. The molecule has 0 unspecified atom stereocenters. The Bertz CT molecular complexity index is 219. The van der Waals surface area contributed by atoms with Crippen LogP contribution < -0.4 is 5.73 Å². The summed E-state index contributed by atoms with van der Waals surface area (Å²) in [6.07, 6.45) is 1.99. The van der Waals surface area contributed by atoms with Gasteiger partial charge in [-0.05, 0) is 12.8 Å². The first kappa shape index (κ1) is 11.2. The van der Waals surface area contributed by atoms with Crippen molar-refractivity contribution in [3.8, 4) is 0 Å². The van der Waals surface area contributed by atoms with Crippen LogP contribution in [0.4, 0.5) is 8.78 Å². The van der Waals surface area contributed by atoms with Gasteiger partial charge in [0.15, 0.2) is 5.79 Å². The average molecular weight is 221 g/mol. The Hall–Kier alpha value is -0.260. The number of alkyl halides is 2. The third kappa shape index (κ3) is 2.14. The smallest absolute Gasteiger partial charge is 0.262 e. The van der Waals surface area contributed by atoms with Crippen molar-refractivity contribution in [1.82, 2.24) is 0 Å². The SMILES string of the molecule is NCC(F)(F)C1CCC2(CC1)OCCO2. The zero-order valence-electron chi connectivity index (χ0n) is 8.68. The Morgan fingerprint density at radius 1 is 1.20 bits per heavy atom. The van der Waals surface area contributed by atoms with Crippen LogP contribution in [0.2, 0.25) is 0 Å². The molecule has 3 nitrogen and oxygen atoms in total. The van der Waals surface area contributed by atoms with Crippen molar-refractivity contribution in [3.63, 3.8) is 0 Å². The minimum absolute atomic E-state index is 0.435. The van der Waals surface area contributed by atoms with Crippen LogP contribution >= 0.6 is 0 Å². The lowest BCUT2D eigenvalue weighted by molar-refractivity contribution is -0.197. The molecular formula is C10H17F2NO2. The van der Waals surface area contributed by atoms with E-state index in [-0.39, 0.29) is 0 Å². The molecule has 5 heteroatoms. The van der Waals surface area contributed by atoms with E-state index in [9.17, 15) is 8.78 Å². The zero-order valence-corrected chi connectivity index (χ0v) is 8.68. The summed E-state index contributed by atoms with van der Waals surface area (Å²) in [6.45, 7) is 0.599. The van der Waals surface area contributed by atoms with E-state index in [2.05, 4.69) is 0 Å². The van der Waals surface area contributed by atoms with Crippen LogP contribution in [0.5, 0.6) is 0 Å². The maximum Gasteiger partial charge on any atom is 0.262 e. The molecule has 0 aromatic rings. The minimum Gasteiger partial charge on any atom is -0.348 e. The van der Waals surface area contributed by atoms with Crippen LogP contribution in [0.25, 0.3) is 0 Å². The Balaban J connectivity index is 1.91.